The van der Waals surface area contributed by atoms with Crippen molar-refractivity contribution < 1.29 is 19.4 Å². The van der Waals surface area contributed by atoms with E-state index in [1.54, 1.807) is 6.92 Å². The summed E-state index contributed by atoms with van der Waals surface area (Å²) >= 11 is 0. The molecule has 0 aliphatic carbocycles. The maximum Gasteiger partial charge on any atom is 0.321 e. The molecule has 0 heterocycles. The van der Waals surface area contributed by atoms with Crippen molar-refractivity contribution in [3.63, 3.8) is 0 Å². The highest BCUT2D eigenvalue weighted by Crippen LogP contribution is 2.21. The summed E-state index contributed by atoms with van der Waals surface area (Å²) in [6.07, 6.45) is 0.367. The third-order valence-electron chi connectivity index (χ3n) is 2.10. The highest BCUT2D eigenvalue weighted by molar-refractivity contribution is 5.94. The van der Waals surface area contributed by atoms with E-state index in [0.29, 0.717) is 6.42 Å². The van der Waals surface area contributed by atoms with E-state index in [1.165, 1.54) is 0 Å². The Morgan fingerprint density at radius 2 is 2.00 bits per heavy atom. The predicted octanol–water partition coefficient (Wildman–Crippen LogP) is 1.44. The van der Waals surface area contributed by atoms with E-state index in [9.17, 15) is 9.59 Å². The molecule has 0 amide bonds. The number of aliphatic carboxylic acids is 1. The lowest BCUT2D eigenvalue weighted by Crippen LogP contribution is -2.33. The maximum atomic E-state index is 11.4. The van der Waals surface area contributed by atoms with Gasteiger partial charge < -0.3 is 9.84 Å². The highest BCUT2D eigenvalue weighted by atomic mass is 16.5. The van der Waals surface area contributed by atoms with Crippen LogP contribution in [0.1, 0.15) is 27.2 Å². The molecular formula is C11H17NO4. The molecule has 0 aromatic heterocycles. The van der Waals surface area contributed by atoms with Crippen LogP contribution in [0.15, 0.2) is 0 Å². The summed E-state index contributed by atoms with van der Waals surface area (Å²) in [7, 11) is 0. The first-order valence-corrected chi connectivity index (χ1v) is 5.23. The van der Waals surface area contributed by atoms with Crippen molar-refractivity contribution >= 4 is 11.9 Å². The standard InChI is InChI=1S/C11H17NO4/c1-4-16-11(15)9(10(13)14)8(6-12)5-7(2)3/h7-9H,4-5H2,1-3H3,(H,13,14)/t8-,9?/m0/s1. The predicted molar refractivity (Wildman–Crippen MR) is 56.3 cm³/mol. The van der Waals surface area contributed by atoms with Gasteiger partial charge in [-0.15, -0.1) is 0 Å². The van der Waals surface area contributed by atoms with E-state index in [1.807, 2.05) is 19.9 Å². The molecule has 0 aliphatic heterocycles. The molecule has 0 aromatic carbocycles. The van der Waals surface area contributed by atoms with Crippen LogP contribution in [0, 0.1) is 29.1 Å². The van der Waals surface area contributed by atoms with Crippen LogP contribution in [0.5, 0.6) is 0 Å². The fourth-order valence-corrected chi connectivity index (χ4v) is 1.44. The van der Waals surface area contributed by atoms with E-state index in [0.717, 1.165) is 0 Å². The quantitative estimate of drug-likeness (QED) is 0.548. The molecule has 16 heavy (non-hydrogen) atoms. The van der Waals surface area contributed by atoms with Crippen molar-refractivity contribution in [1.29, 1.82) is 5.26 Å². The van der Waals surface area contributed by atoms with Crippen LogP contribution in [0.4, 0.5) is 0 Å². The molecule has 1 N–H and O–H groups in total. The van der Waals surface area contributed by atoms with Gasteiger partial charge in [0.2, 0.25) is 0 Å². The van der Waals surface area contributed by atoms with Crippen LogP contribution < -0.4 is 0 Å². The number of nitrogens with zero attached hydrogens (tertiary/aromatic N) is 1. The first-order chi connectivity index (χ1) is 7.43. The average molecular weight is 227 g/mol. The molecule has 0 aliphatic rings. The Kier molecular flexibility index (Phi) is 6.16. The molecule has 0 radical (unpaired) electrons. The second-order valence-electron chi connectivity index (χ2n) is 3.93. The zero-order chi connectivity index (χ0) is 12.7. The van der Waals surface area contributed by atoms with Gasteiger partial charge in [-0.3, -0.25) is 9.59 Å². The third-order valence-corrected chi connectivity index (χ3v) is 2.10. The summed E-state index contributed by atoms with van der Waals surface area (Å²) in [4.78, 5) is 22.4. The number of ether oxygens (including phenoxy) is 1. The largest absolute Gasteiger partial charge is 0.481 e. The molecular weight excluding hydrogens is 210 g/mol. The molecule has 5 nitrogen and oxygen atoms in total. The molecule has 0 fully saturated rings. The van der Waals surface area contributed by atoms with Crippen LogP contribution in [-0.4, -0.2) is 23.7 Å². The Bertz CT molecular complexity index is 293. The molecule has 1 unspecified atom stereocenters. The van der Waals surface area contributed by atoms with Gasteiger partial charge in [-0.05, 0) is 19.3 Å². The molecule has 0 saturated carbocycles. The number of carboxylic acids is 1. The number of esters is 1. The Morgan fingerprint density at radius 3 is 2.31 bits per heavy atom. The molecule has 0 spiro atoms. The van der Waals surface area contributed by atoms with Crippen LogP contribution in [0.2, 0.25) is 0 Å². The number of hydrogen-bond acceptors (Lipinski definition) is 4. The van der Waals surface area contributed by atoms with Crippen molar-refractivity contribution in [1.82, 2.24) is 0 Å². The van der Waals surface area contributed by atoms with Gasteiger partial charge in [-0.2, -0.15) is 5.26 Å². The van der Waals surface area contributed by atoms with Crippen LogP contribution >= 0.6 is 0 Å². The molecule has 0 saturated heterocycles. The monoisotopic (exact) mass is 227 g/mol. The van der Waals surface area contributed by atoms with Crippen molar-refractivity contribution in [3.8, 4) is 6.07 Å². The molecule has 0 rings (SSSR count). The first-order valence-electron chi connectivity index (χ1n) is 5.23. The highest BCUT2D eigenvalue weighted by Gasteiger charge is 2.36. The summed E-state index contributed by atoms with van der Waals surface area (Å²) in [5.74, 6) is -4.20. The van der Waals surface area contributed by atoms with Crippen LogP contribution in [-0.2, 0) is 14.3 Å². The Balaban J connectivity index is 4.81. The zero-order valence-corrected chi connectivity index (χ0v) is 9.77. The van der Waals surface area contributed by atoms with Gasteiger partial charge in [-0.25, -0.2) is 0 Å². The van der Waals surface area contributed by atoms with Gasteiger partial charge in [0.15, 0.2) is 5.92 Å². The molecule has 2 atom stereocenters. The molecule has 0 aromatic rings. The summed E-state index contributed by atoms with van der Waals surface area (Å²) in [6, 6.07) is 1.87. The van der Waals surface area contributed by atoms with Crippen molar-refractivity contribution in [2.24, 2.45) is 17.8 Å². The van der Waals surface area contributed by atoms with Crippen molar-refractivity contribution in [3.05, 3.63) is 0 Å². The van der Waals surface area contributed by atoms with Gasteiger partial charge in [0.1, 0.15) is 0 Å². The molecule has 0 bridgehead atoms. The fourth-order valence-electron chi connectivity index (χ4n) is 1.44. The smallest absolute Gasteiger partial charge is 0.321 e. The minimum atomic E-state index is -1.38. The summed E-state index contributed by atoms with van der Waals surface area (Å²) in [5, 5.41) is 17.8. The summed E-state index contributed by atoms with van der Waals surface area (Å²) < 4.78 is 4.66. The number of nitriles is 1. The Morgan fingerprint density at radius 1 is 1.44 bits per heavy atom. The number of carbonyl (C=O) groups is 2. The minimum Gasteiger partial charge on any atom is -0.481 e. The molecule has 90 valence electrons. The second kappa shape index (κ2) is 6.83. The summed E-state index contributed by atoms with van der Waals surface area (Å²) in [5.41, 5.74) is 0. The SMILES string of the molecule is CCOC(=O)C(C(=O)O)[C@H](C#N)CC(C)C. The minimum absolute atomic E-state index is 0.114. The number of rotatable bonds is 6. The molecule has 5 heteroatoms. The van der Waals surface area contributed by atoms with Gasteiger partial charge in [-0.1, -0.05) is 13.8 Å². The number of hydrogen-bond donors (Lipinski definition) is 1. The third kappa shape index (κ3) is 4.30. The lowest BCUT2D eigenvalue weighted by atomic mass is 9.86. The van der Waals surface area contributed by atoms with Gasteiger partial charge in [0.05, 0.1) is 18.6 Å². The van der Waals surface area contributed by atoms with E-state index >= 15 is 0 Å². The van der Waals surface area contributed by atoms with Crippen molar-refractivity contribution in [2.75, 3.05) is 6.61 Å². The van der Waals surface area contributed by atoms with E-state index in [-0.39, 0.29) is 12.5 Å². The van der Waals surface area contributed by atoms with E-state index in [4.69, 9.17) is 10.4 Å². The normalized spacial score (nSPS) is 13.9. The van der Waals surface area contributed by atoms with Crippen molar-refractivity contribution in [2.45, 2.75) is 27.2 Å². The van der Waals surface area contributed by atoms with E-state index in [2.05, 4.69) is 4.74 Å². The topological polar surface area (TPSA) is 87.4 Å². The fraction of sp³-hybridized carbons (Fsp3) is 0.727. The maximum absolute atomic E-state index is 11.4. The lowest BCUT2D eigenvalue weighted by Gasteiger charge is -2.17. The lowest BCUT2D eigenvalue weighted by molar-refractivity contribution is -0.160. The van der Waals surface area contributed by atoms with Gasteiger partial charge in [0, 0.05) is 0 Å². The van der Waals surface area contributed by atoms with E-state index < -0.39 is 23.8 Å². The first kappa shape index (κ1) is 14.4. The summed E-state index contributed by atoms with van der Waals surface area (Å²) in [6.45, 7) is 5.45. The zero-order valence-electron chi connectivity index (χ0n) is 9.77. The average Bonchev–Trinajstić information content (AvgIpc) is 2.15. The number of carboxylic acid groups (broad SMARTS) is 1. The van der Waals surface area contributed by atoms with Gasteiger partial charge >= 0.3 is 11.9 Å². The van der Waals surface area contributed by atoms with Gasteiger partial charge in [0.25, 0.3) is 0 Å². The van der Waals surface area contributed by atoms with Crippen LogP contribution in [0.3, 0.4) is 0 Å². The second-order valence-corrected chi connectivity index (χ2v) is 3.93. The number of carbonyl (C=O) groups excluding carboxylic acids is 1. The Hall–Kier alpha value is -1.57. The van der Waals surface area contributed by atoms with Crippen LogP contribution in [0.25, 0.3) is 0 Å². The Labute approximate surface area is 95.0 Å².